The summed E-state index contributed by atoms with van der Waals surface area (Å²) in [5.41, 5.74) is 7.22. The van der Waals surface area contributed by atoms with E-state index in [0.29, 0.717) is 13.2 Å². The van der Waals surface area contributed by atoms with Crippen molar-refractivity contribution in [3.05, 3.63) is 118 Å². The first-order valence-electron chi connectivity index (χ1n) is 17.3. The lowest BCUT2D eigenvalue weighted by Crippen LogP contribution is -2.03. The van der Waals surface area contributed by atoms with Crippen LogP contribution in [0, 0.1) is 13.8 Å². The number of aryl methyl sites for hydroxylation is 2. The maximum Gasteiger partial charge on any atom is 0.135 e. The van der Waals surface area contributed by atoms with E-state index >= 15 is 0 Å². The van der Waals surface area contributed by atoms with Gasteiger partial charge in [0.2, 0.25) is 0 Å². The number of hydrogen-bond donors (Lipinski definition) is 0. The van der Waals surface area contributed by atoms with Crippen molar-refractivity contribution in [2.24, 2.45) is 0 Å². The zero-order valence-electron chi connectivity index (χ0n) is 28.3. The summed E-state index contributed by atoms with van der Waals surface area (Å²) < 4.78 is 13.4. The highest BCUT2D eigenvalue weighted by Gasteiger charge is 2.17. The number of fused-ring (bicyclic) bond motifs is 2. The highest BCUT2D eigenvalue weighted by molar-refractivity contribution is 6.12. The first-order chi connectivity index (χ1) is 22.6. The lowest BCUT2D eigenvalue weighted by Gasteiger charge is -2.19. The smallest absolute Gasteiger partial charge is 0.135 e. The molecule has 5 rings (SSSR count). The van der Waals surface area contributed by atoms with Crippen LogP contribution in [0.5, 0.6) is 11.5 Å². The van der Waals surface area contributed by atoms with Crippen LogP contribution >= 0.6 is 0 Å². The third-order valence-corrected chi connectivity index (χ3v) is 8.65. The van der Waals surface area contributed by atoms with Crippen LogP contribution in [0.2, 0.25) is 0 Å². The Balaban J connectivity index is 1.59. The topological polar surface area (TPSA) is 18.5 Å². The van der Waals surface area contributed by atoms with Crippen molar-refractivity contribution in [3.8, 4) is 11.5 Å². The van der Waals surface area contributed by atoms with Gasteiger partial charge in [0.05, 0.1) is 13.2 Å². The number of benzene rings is 5. The van der Waals surface area contributed by atoms with Gasteiger partial charge in [-0.1, -0.05) is 148 Å². The monoisotopic (exact) mass is 610 g/mol. The van der Waals surface area contributed by atoms with Crippen LogP contribution in [-0.4, -0.2) is 13.2 Å². The molecule has 0 saturated heterocycles. The summed E-state index contributed by atoms with van der Waals surface area (Å²) in [5.74, 6) is 1.92. The lowest BCUT2D eigenvalue weighted by molar-refractivity contribution is 0.307. The van der Waals surface area contributed by atoms with Gasteiger partial charge in [-0.25, -0.2) is 0 Å². The summed E-state index contributed by atoms with van der Waals surface area (Å²) in [7, 11) is 0. The summed E-state index contributed by atoms with van der Waals surface area (Å²) >= 11 is 0. The Morgan fingerprint density at radius 1 is 0.413 bits per heavy atom. The second-order valence-corrected chi connectivity index (χ2v) is 12.6. The van der Waals surface area contributed by atoms with Crippen LogP contribution in [0.3, 0.4) is 0 Å². The number of hydrogen-bond acceptors (Lipinski definition) is 2. The van der Waals surface area contributed by atoms with Crippen LogP contribution in [-0.2, 0) is 0 Å². The minimum absolute atomic E-state index is 0.708. The largest absolute Gasteiger partial charge is 0.492 e. The molecule has 0 aliphatic carbocycles. The van der Waals surface area contributed by atoms with Gasteiger partial charge >= 0.3 is 0 Å². The minimum atomic E-state index is 0.708. The van der Waals surface area contributed by atoms with E-state index in [2.05, 4.69) is 137 Å². The molecular weight excluding hydrogens is 560 g/mol. The summed E-state index contributed by atoms with van der Waals surface area (Å²) in [6.07, 6.45) is 18.1. The molecule has 0 aromatic heterocycles. The molecule has 238 valence electrons. The molecule has 46 heavy (non-hydrogen) atoms. The van der Waals surface area contributed by atoms with Crippen molar-refractivity contribution in [3.63, 3.8) is 0 Å². The van der Waals surface area contributed by atoms with Gasteiger partial charge in [-0.05, 0) is 73.2 Å². The van der Waals surface area contributed by atoms with Crippen LogP contribution in [0.15, 0.2) is 84.9 Å². The Kier molecular flexibility index (Phi) is 12.1. The molecule has 5 aromatic carbocycles. The van der Waals surface area contributed by atoms with E-state index in [1.165, 1.54) is 60.8 Å². The molecule has 0 fully saturated rings. The molecule has 0 spiro atoms. The third kappa shape index (κ3) is 8.91. The average molecular weight is 611 g/mol. The fourth-order valence-electron chi connectivity index (χ4n) is 5.85. The second kappa shape index (κ2) is 16.9. The quantitative estimate of drug-likeness (QED) is 0.0628. The van der Waals surface area contributed by atoms with E-state index < -0.39 is 0 Å². The Labute approximate surface area is 276 Å². The SMILES string of the molecule is CCCCCCOc1c2ccc(/C=C/c3ccc(C)cc3)cc2c(OCCCCCC)c2ccc(/C=C/c3ccc(C)cc3)cc12. The molecule has 0 unspecified atom stereocenters. The van der Waals surface area contributed by atoms with Crippen molar-refractivity contribution in [2.45, 2.75) is 79.1 Å². The second-order valence-electron chi connectivity index (χ2n) is 12.6. The van der Waals surface area contributed by atoms with Gasteiger partial charge in [0.25, 0.3) is 0 Å². The lowest BCUT2D eigenvalue weighted by atomic mass is 9.96. The van der Waals surface area contributed by atoms with E-state index in [9.17, 15) is 0 Å². The molecule has 0 radical (unpaired) electrons. The van der Waals surface area contributed by atoms with Crippen molar-refractivity contribution in [2.75, 3.05) is 13.2 Å². The zero-order chi connectivity index (χ0) is 32.1. The van der Waals surface area contributed by atoms with Crippen molar-refractivity contribution in [1.82, 2.24) is 0 Å². The van der Waals surface area contributed by atoms with Crippen molar-refractivity contribution >= 4 is 45.8 Å². The van der Waals surface area contributed by atoms with Gasteiger partial charge in [0.1, 0.15) is 11.5 Å². The molecule has 0 saturated carbocycles. The predicted molar refractivity (Wildman–Crippen MR) is 201 cm³/mol. The maximum atomic E-state index is 6.71. The van der Waals surface area contributed by atoms with Crippen molar-refractivity contribution < 1.29 is 9.47 Å². The molecule has 0 atom stereocenters. The Morgan fingerprint density at radius 2 is 0.783 bits per heavy atom. The minimum Gasteiger partial charge on any atom is -0.492 e. The average Bonchev–Trinajstić information content (AvgIpc) is 3.08. The molecule has 5 aromatic rings. The first-order valence-corrected chi connectivity index (χ1v) is 17.3. The van der Waals surface area contributed by atoms with Gasteiger partial charge in [0.15, 0.2) is 0 Å². The van der Waals surface area contributed by atoms with Gasteiger partial charge < -0.3 is 9.47 Å². The highest BCUT2D eigenvalue weighted by Crippen LogP contribution is 2.44. The van der Waals surface area contributed by atoms with Crippen LogP contribution < -0.4 is 9.47 Å². The van der Waals surface area contributed by atoms with Crippen LogP contribution in [0.1, 0.15) is 98.6 Å². The summed E-state index contributed by atoms with van der Waals surface area (Å²) in [4.78, 5) is 0. The van der Waals surface area contributed by atoms with Gasteiger partial charge in [-0.2, -0.15) is 0 Å². The Hall–Kier alpha value is -4.30. The van der Waals surface area contributed by atoms with E-state index in [0.717, 1.165) is 57.0 Å². The summed E-state index contributed by atoms with van der Waals surface area (Å²) in [6, 6.07) is 30.7. The van der Waals surface area contributed by atoms with Crippen LogP contribution in [0.4, 0.5) is 0 Å². The third-order valence-electron chi connectivity index (χ3n) is 8.65. The van der Waals surface area contributed by atoms with E-state index in [4.69, 9.17) is 9.47 Å². The number of unbranched alkanes of at least 4 members (excludes halogenated alkanes) is 6. The fourth-order valence-corrected chi connectivity index (χ4v) is 5.85. The molecule has 2 nitrogen and oxygen atoms in total. The summed E-state index contributed by atoms with van der Waals surface area (Å²) in [6.45, 7) is 10.2. The van der Waals surface area contributed by atoms with E-state index in [1.54, 1.807) is 0 Å². The standard InChI is InChI=1S/C44H50O2/c1-5-7-9-11-29-45-43-39-27-25-38(24-22-36-19-15-34(4)16-20-36)32-42(39)44(46-30-12-10-8-6-2)40-28-26-37(31-41(40)43)23-21-35-17-13-33(3)14-18-35/h13-28,31-32H,5-12,29-30H2,1-4H3/b23-21+,24-22+. The highest BCUT2D eigenvalue weighted by atomic mass is 16.5. The first kappa shape index (κ1) is 33.1. The fraction of sp³-hybridized carbons (Fsp3) is 0.318. The molecular formula is C44H50O2. The van der Waals surface area contributed by atoms with E-state index in [1.807, 2.05) is 0 Å². The Bertz CT molecular complexity index is 1620. The summed E-state index contributed by atoms with van der Waals surface area (Å²) in [5, 5.41) is 4.44. The van der Waals surface area contributed by atoms with Gasteiger partial charge in [-0.15, -0.1) is 0 Å². The normalized spacial score (nSPS) is 11.7. The molecule has 0 amide bonds. The molecule has 0 N–H and O–H groups in total. The molecule has 0 aliphatic rings. The molecule has 0 heterocycles. The van der Waals surface area contributed by atoms with Crippen molar-refractivity contribution in [1.29, 1.82) is 0 Å². The van der Waals surface area contributed by atoms with Crippen LogP contribution in [0.25, 0.3) is 45.8 Å². The van der Waals surface area contributed by atoms with Gasteiger partial charge in [0, 0.05) is 21.5 Å². The van der Waals surface area contributed by atoms with E-state index in [-0.39, 0.29) is 0 Å². The zero-order valence-corrected chi connectivity index (χ0v) is 28.3. The maximum absolute atomic E-state index is 6.71. The number of ether oxygens (including phenoxy) is 2. The number of rotatable bonds is 16. The molecule has 2 heteroatoms. The van der Waals surface area contributed by atoms with Gasteiger partial charge in [-0.3, -0.25) is 0 Å². The predicted octanol–water partition coefficient (Wildman–Crippen LogP) is 12.9. The molecule has 0 bridgehead atoms. The Morgan fingerprint density at radius 3 is 1.17 bits per heavy atom. The molecule has 0 aliphatic heterocycles.